The highest BCUT2D eigenvalue weighted by Crippen LogP contribution is 2.36. The van der Waals surface area contributed by atoms with Gasteiger partial charge in [-0.05, 0) is 55.3 Å². The van der Waals surface area contributed by atoms with Crippen LogP contribution in [0.4, 0.5) is 0 Å². The van der Waals surface area contributed by atoms with Crippen LogP contribution in [0.5, 0.6) is 11.5 Å². The minimum Gasteiger partial charge on any atom is -0.493 e. The van der Waals surface area contributed by atoms with Crippen molar-refractivity contribution >= 4 is 52.6 Å². The summed E-state index contributed by atoms with van der Waals surface area (Å²) >= 11 is 13.4. The third-order valence-electron chi connectivity index (χ3n) is 5.52. The summed E-state index contributed by atoms with van der Waals surface area (Å²) < 4.78 is 17.8. The number of rotatable bonds is 6. The van der Waals surface area contributed by atoms with E-state index in [9.17, 15) is 14.4 Å². The standard InChI is InChI=1S/C26H22Cl2N2O6S/c1-5-35-25(33)22-13(2)29-26-30(23(22)16-7-9-19(36-14(3)31)20(12-16)34-4)24(32)21(37-26)11-15-6-8-17(27)18(28)10-15/h6-12,23H,5H2,1-4H3/b21-11-/t23-/m1/s1. The lowest BCUT2D eigenvalue weighted by Crippen LogP contribution is -2.40. The van der Waals surface area contributed by atoms with Crippen molar-refractivity contribution in [3.63, 3.8) is 0 Å². The molecule has 0 N–H and O–H groups in total. The van der Waals surface area contributed by atoms with Gasteiger partial charge in [-0.2, -0.15) is 0 Å². The summed E-state index contributed by atoms with van der Waals surface area (Å²) in [6, 6.07) is 9.04. The molecule has 0 fully saturated rings. The van der Waals surface area contributed by atoms with Crippen LogP contribution in [0.3, 0.4) is 0 Å². The quantitative estimate of drug-likeness (QED) is 0.333. The third-order valence-corrected chi connectivity index (χ3v) is 7.24. The maximum Gasteiger partial charge on any atom is 0.338 e. The number of allylic oxidation sites excluding steroid dienone is 1. The zero-order valence-electron chi connectivity index (χ0n) is 20.3. The Labute approximate surface area is 226 Å². The van der Waals surface area contributed by atoms with Gasteiger partial charge in [0, 0.05) is 6.92 Å². The number of ether oxygens (including phenoxy) is 3. The molecule has 1 aliphatic heterocycles. The number of halogens is 2. The predicted octanol–water partition coefficient (Wildman–Crippen LogP) is 4.04. The van der Waals surface area contributed by atoms with Crippen molar-refractivity contribution < 1.29 is 23.8 Å². The van der Waals surface area contributed by atoms with Crippen LogP contribution < -0.4 is 24.4 Å². The van der Waals surface area contributed by atoms with Crippen LogP contribution in [0.25, 0.3) is 6.08 Å². The Morgan fingerprint density at radius 3 is 2.54 bits per heavy atom. The van der Waals surface area contributed by atoms with Crippen LogP contribution in [-0.4, -0.2) is 30.2 Å². The first-order valence-electron chi connectivity index (χ1n) is 11.2. The largest absolute Gasteiger partial charge is 0.493 e. The Morgan fingerprint density at radius 1 is 1.14 bits per heavy atom. The fourth-order valence-electron chi connectivity index (χ4n) is 3.95. The highest BCUT2D eigenvalue weighted by molar-refractivity contribution is 7.07. The van der Waals surface area contributed by atoms with E-state index in [0.717, 1.165) is 0 Å². The van der Waals surface area contributed by atoms with Crippen molar-refractivity contribution in [2.75, 3.05) is 13.7 Å². The molecule has 0 aliphatic carbocycles. The topological polar surface area (TPSA) is 96.2 Å². The van der Waals surface area contributed by atoms with E-state index >= 15 is 0 Å². The van der Waals surface area contributed by atoms with Crippen LogP contribution in [0.1, 0.15) is 37.9 Å². The van der Waals surface area contributed by atoms with Crippen molar-refractivity contribution in [2.24, 2.45) is 4.99 Å². The van der Waals surface area contributed by atoms with E-state index in [0.29, 0.717) is 36.2 Å². The average molecular weight is 561 g/mol. The van der Waals surface area contributed by atoms with E-state index in [4.69, 9.17) is 37.4 Å². The van der Waals surface area contributed by atoms with Gasteiger partial charge in [-0.3, -0.25) is 14.2 Å². The van der Waals surface area contributed by atoms with Gasteiger partial charge >= 0.3 is 11.9 Å². The number of benzene rings is 2. The van der Waals surface area contributed by atoms with Crippen LogP contribution in [0, 0.1) is 0 Å². The predicted molar refractivity (Wildman–Crippen MR) is 141 cm³/mol. The molecule has 1 atom stereocenters. The molecule has 0 unspecified atom stereocenters. The van der Waals surface area contributed by atoms with Crippen molar-refractivity contribution in [1.29, 1.82) is 0 Å². The molecule has 8 nitrogen and oxygen atoms in total. The molecule has 0 saturated carbocycles. The van der Waals surface area contributed by atoms with Gasteiger partial charge in [-0.1, -0.05) is 46.7 Å². The molecular formula is C26H22Cl2N2O6S. The molecule has 0 radical (unpaired) electrons. The summed E-state index contributed by atoms with van der Waals surface area (Å²) in [5.74, 6) is -0.618. The monoisotopic (exact) mass is 560 g/mol. The second-order valence-corrected chi connectivity index (χ2v) is 9.80. The Kier molecular flexibility index (Phi) is 7.87. The fraction of sp³-hybridized carbons (Fsp3) is 0.231. The molecule has 0 amide bonds. The van der Waals surface area contributed by atoms with Gasteiger partial charge in [-0.15, -0.1) is 0 Å². The summed E-state index contributed by atoms with van der Waals surface area (Å²) in [6.45, 7) is 4.83. The number of hydrogen-bond donors (Lipinski definition) is 0. The number of hydrogen-bond acceptors (Lipinski definition) is 8. The summed E-state index contributed by atoms with van der Waals surface area (Å²) in [7, 11) is 1.43. The van der Waals surface area contributed by atoms with Crippen LogP contribution in [0.15, 0.2) is 57.5 Å². The molecule has 11 heteroatoms. The minimum atomic E-state index is -0.855. The van der Waals surface area contributed by atoms with Crippen molar-refractivity contribution in [1.82, 2.24) is 4.57 Å². The molecule has 0 spiro atoms. The van der Waals surface area contributed by atoms with Crippen LogP contribution in [0.2, 0.25) is 10.0 Å². The van der Waals surface area contributed by atoms with E-state index in [1.165, 1.54) is 29.9 Å². The molecule has 2 aromatic carbocycles. The summed E-state index contributed by atoms with van der Waals surface area (Å²) in [4.78, 5) is 43.2. The Bertz CT molecular complexity index is 1620. The molecule has 37 heavy (non-hydrogen) atoms. The number of aromatic nitrogens is 1. The first-order valence-corrected chi connectivity index (χ1v) is 12.7. The first kappa shape index (κ1) is 26.7. The lowest BCUT2D eigenvalue weighted by atomic mass is 9.95. The zero-order chi connectivity index (χ0) is 26.9. The zero-order valence-corrected chi connectivity index (χ0v) is 22.7. The van der Waals surface area contributed by atoms with Gasteiger partial charge in [0.1, 0.15) is 0 Å². The second-order valence-electron chi connectivity index (χ2n) is 7.98. The molecular weight excluding hydrogens is 539 g/mol. The maximum atomic E-state index is 13.7. The van der Waals surface area contributed by atoms with Gasteiger partial charge in [0.2, 0.25) is 0 Å². The summed E-state index contributed by atoms with van der Waals surface area (Å²) in [5.41, 5.74) is 1.53. The van der Waals surface area contributed by atoms with E-state index in [1.54, 1.807) is 56.3 Å². The number of methoxy groups -OCH3 is 1. The molecule has 2 heterocycles. The van der Waals surface area contributed by atoms with E-state index in [2.05, 4.69) is 4.99 Å². The smallest absolute Gasteiger partial charge is 0.338 e. The van der Waals surface area contributed by atoms with Crippen LogP contribution in [-0.2, 0) is 14.3 Å². The Morgan fingerprint density at radius 2 is 1.89 bits per heavy atom. The van der Waals surface area contributed by atoms with E-state index in [1.807, 2.05) is 0 Å². The molecule has 3 aromatic rings. The lowest BCUT2D eigenvalue weighted by Gasteiger charge is -2.25. The Hall–Kier alpha value is -3.40. The van der Waals surface area contributed by atoms with Crippen molar-refractivity contribution in [2.45, 2.75) is 26.8 Å². The first-order chi connectivity index (χ1) is 17.6. The SMILES string of the molecule is CCOC(=O)C1=C(C)N=c2s/c(=C\c3ccc(Cl)c(Cl)c3)c(=O)n2[C@@H]1c1ccc(OC(C)=O)c(OC)c1. The third kappa shape index (κ3) is 5.34. The highest BCUT2D eigenvalue weighted by Gasteiger charge is 2.34. The van der Waals surface area contributed by atoms with Gasteiger partial charge in [0.25, 0.3) is 5.56 Å². The molecule has 1 aliphatic rings. The lowest BCUT2D eigenvalue weighted by molar-refractivity contribution is -0.139. The maximum absolute atomic E-state index is 13.7. The molecule has 4 rings (SSSR count). The molecule has 192 valence electrons. The fourth-order valence-corrected chi connectivity index (χ4v) is 5.31. The molecule has 1 aromatic heterocycles. The summed E-state index contributed by atoms with van der Waals surface area (Å²) in [6.07, 6.45) is 1.69. The second kappa shape index (κ2) is 10.9. The number of thiazole rings is 1. The van der Waals surface area contributed by atoms with Gasteiger partial charge in [-0.25, -0.2) is 9.79 Å². The number of esters is 2. The number of nitrogens with zero attached hydrogens (tertiary/aromatic N) is 2. The number of carbonyl (C=O) groups is 2. The normalized spacial score (nSPS) is 15.2. The van der Waals surface area contributed by atoms with E-state index in [-0.39, 0.29) is 29.2 Å². The average Bonchev–Trinajstić information content (AvgIpc) is 3.15. The van der Waals surface area contributed by atoms with E-state index < -0.39 is 18.0 Å². The van der Waals surface area contributed by atoms with Crippen molar-refractivity contribution in [3.8, 4) is 11.5 Å². The number of carbonyl (C=O) groups excluding carboxylic acids is 2. The van der Waals surface area contributed by atoms with Gasteiger partial charge < -0.3 is 14.2 Å². The van der Waals surface area contributed by atoms with Gasteiger partial charge in [0.05, 0.1) is 45.6 Å². The van der Waals surface area contributed by atoms with Crippen LogP contribution >= 0.6 is 34.5 Å². The van der Waals surface area contributed by atoms with Gasteiger partial charge in [0.15, 0.2) is 16.3 Å². The summed E-state index contributed by atoms with van der Waals surface area (Å²) in [5, 5.41) is 0.766. The number of fused-ring (bicyclic) bond motifs is 1. The molecule has 0 bridgehead atoms. The molecule has 0 saturated heterocycles. The Balaban J connectivity index is 1.95. The highest BCUT2D eigenvalue weighted by atomic mass is 35.5. The van der Waals surface area contributed by atoms with Crippen molar-refractivity contribution in [3.05, 3.63) is 88.5 Å². The minimum absolute atomic E-state index is 0.152.